The van der Waals surface area contributed by atoms with Crippen LogP contribution in [0.2, 0.25) is 0 Å². The summed E-state index contributed by atoms with van der Waals surface area (Å²) < 4.78 is 17.8. The first kappa shape index (κ1) is 18.0. The third kappa shape index (κ3) is 756. The van der Waals surface area contributed by atoms with Gasteiger partial charge in [-0.3, -0.25) is 0 Å². The van der Waals surface area contributed by atoms with Crippen molar-refractivity contribution in [1.29, 1.82) is 0 Å². The normalized spacial score (nSPS) is 10.7. The molecule has 8 nitrogen and oxygen atoms in total. The Labute approximate surface area is 80.5 Å². The third-order valence-corrected chi connectivity index (χ3v) is 0. The summed E-state index contributed by atoms with van der Waals surface area (Å²) in [5.41, 5.74) is 0. The molecule has 0 aliphatic heterocycles. The summed E-state index contributed by atoms with van der Waals surface area (Å²) in [6.45, 7) is 0. The molecule has 0 rings (SSSR count). The summed E-state index contributed by atoms with van der Waals surface area (Å²) >= 11 is 0. The van der Waals surface area contributed by atoms with E-state index in [9.17, 15) is 0 Å². The maximum atomic E-state index is 8.88. The summed E-state index contributed by atoms with van der Waals surface area (Å²) in [4.78, 5) is 43.1. The van der Waals surface area contributed by atoms with Crippen molar-refractivity contribution >= 4 is 15.6 Å². The van der Waals surface area contributed by atoms with Gasteiger partial charge in [0.1, 0.15) is 0 Å². The predicted molar refractivity (Wildman–Crippen MR) is 28.5 cm³/mol. The summed E-state index contributed by atoms with van der Waals surface area (Å²) in [5.74, 6) is 0. The summed E-state index contributed by atoms with van der Waals surface area (Å²) in [7, 11) is -9.28. The SMILES string of the molecule is O=P(O)(O)O.O=P(O)(O)O.[Zr]. The van der Waals surface area contributed by atoms with Gasteiger partial charge < -0.3 is 29.4 Å². The Morgan fingerprint density at radius 1 is 0.636 bits per heavy atom. The Morgan fingerprint density at radius 2 is 0.636 bits per heavy atom. The minimum Gasteiger partial charge on any atom is -0.303 e. The van der Waals surface area contributed by atoms with Crippen LogP contribution in [0.25, 0.3) is 0 Å². The molecule has 0 amide bonds. The maximum Gasteiger partial charge on any atom is 0.466 e. The number of hydrogen-bond acceptors (Lipinski definition) is 2. The Hall–Kier alpha value is 1.10. The van der Waals surface area contributed by atoms with Crippen LogP contribution in [0.5, 0.6) is 0 Å². The quantitative estimate of drug-likeness (QED) is 0.283. The van der Waals surface area contributed by atoms with Crippen molar-refractivity contribution in [3.63, 3.8) is 0 Å². The fourth-order valence-corrected chi connectivity index (χ4v) is 0. The molecule has 0 radical (unpaired) electrons. The largest absolute Gasteiger partial charge is 0.466 e. The summed E-state index contributed by atoms with van der Waals surface area (Å²) in [6, 6.07) is 0. The van der Waals surface area contributed by atoms with Crippen LogP contribution in [-0.4, -0.2) is 29.4 Å². The summed E-state index contributed by atoms with van der Waals surface area (Å²) in [6.07, 6.45) is 0. The molecule has 0 aliphatic rings. The minimum absolute atomic E-state index is 0. The first-order valence-corrected chi connectivity index (χ1v) is 4.70. The number of phosphoric acid groups is 2. The second kappa shape index (κ2) is 6.60. The van der Waals surface area contributed by atoms with Gasteiger partial charge in [-0.25, -0.2) is 9.13 Å². The van der Waals surface area contributed by atoms with Gasteiger partial charge in [-0.15, -0.1) is 0 Å². The van der Waals surface area contributed by atoms with Gasteiger partial charge in [-0.1, -0.05) is 0 Å². The monoisotopic (exact) mass is 286 g/mol. The van der Waals surface area contributed by atoms with Crippen molar-refractivity contribution in [2.24, 2.45) is 0 Å². The van der Waals surface area contributed by atoms with Crippen LogP contribution < -0.4 is 0 Å². The van der Waals surface area contributed by atoms with Crippen LogP contribution in [0.4, 0.5) is 0 Å². The van der Waals surface area contributed by atoms with Crippen molar-refractivity contribution in [3.8, 4) is 0 Å². The van der Waals surface area contributed by atoms with E-state index >= 15 is 0 Å². The van der Waals surface area contributed by atoms with E-state index in [4.69, 9.17) is 38.5 Å². The van der Waals surface area contributed by atoms with Gasteiger partial charge in [0.2, 0.25) is 0 Å². The molecule has 68 valence electrons. The first-order valence-electron chi connectivity index (χ1n) is 1.57. The number of rotatable bonds is 0. The Bertz CT molecular complexity index is 124. The van der Waals surface area contributed by atoms with Crippen molar-refractivity contribution in [3.05, 3.63) is 0 Å². The van der Waals surface area contributed by atoms with E-state index < -0.39 is 15.6 Å². The van der Waals surface area contributed by atoms with Gasteiger partial charge in [0, 0.05) is 26.2 Å². The van der Waals surface area contributed by atoms with Crippen LogP contribution in [-0.2, 0) is 35.3 Å². The zero-order valence-electron chi connectivity index (χ0n) is 4.89. The van der Waals surface area contributed by atoms with Crippen molar-refractivity contribution in [2.75, 3.05) is 0 Å². The first-order chi connectivity index (χ1) is 4.00. The molecule has 0 saturated carbocycles. The Kier molecular flexibility index (Phi) is 10.8. The second-order valence-corrected chi connectivity index (χ2v) is 3.08. The molecule has 0 aromatic rings. The molecule has 0 bridgehead atoms. The van der Waals surface area contributed by atoms with E-state index in [1.165, 1.54) is 0 Å². The number of hydrogen-bond donors (Lipinski definition) is 6. The van der Waals surface area contributed by atoms with Crippen molar-refractivity contribution in [2.45, 2.75) is 0 Å². The molecular weight excluding hydrogens is 281 g/mol. The van der Waals surface area contributed by atoms with Crippen molar-refractivity contribution in [1.82, 2.24) is 0 Å². The Balaban J connectivity index is -0.000000107. The second-order valence-electron chi connectivity index (χ2n) is 1.03. The average molecular weight is 287 g/mol. The van der Waals surface area contributed by atoms with E-state index in [1.54, 1.807) is 0 Å². The molecule has 0 aromatic carbocycles. The molecule has 0 heterocycles. The van der Waals surface area contributed by atoms with E-state index in [-0.39, 0.29) is 26.2 Å². The molecule has 0 spiro atoms. The molecule has 0 unspecified atom stereocenters. The van der Waals surface area contributed by atoms with Crippen molar-refractivity contribution < 1.29 is 64.7 Å². The molecule has 0 saturated heterocycles. The molecule has 11 heteroatoms. The molecular formula is H6O8P2Zr. The zero-order chi connectivity index (χ0) is 9.00. The van der Waals surface area contributed by atoms with Gasteiger partial charge >= 0.3 is 15.6 Å². The molecule has 11 heavy (non-hydrogen) atoms. The average Bonchev–Trinajstić information content (AvgIpc) is 1.12. The van der Waals surface area contributed by atoms with E-state index in [1.807, 2.05) is 0 Å². The van der Waals surface area contributed by atoms with Crippen LogP contribution >= 0.6 is 15.6 Å². The topological polar surface area (TPSA) is 156 Å². The molecule has 6 N–H and O–H groups in total. The van der Waals surface area contributed by atoms with Crippen LogP contribution in [0.3, 0.4) is 0 Å². The fourth-order valence-electron chi connectivity index (χ4n) is 0. The van der Waals surface area contributed by atoms with E-state index in [0.717, 1.165) is 0 Å². The molecule has 0 aliphatic carbocycles. The van der Waals surface area contributed by atoms with Gasteiger partial charge in [0.15, 0.2) is 0 Å². The molecule has 0 fully saturated rings. The van der Waals surface area contributed by atoms with Gasteiger partial charge in [-0.2, -0.15) is 0 Å². The van der Waals surface area contributed by atoms with E-state index in [0.29, 0.717) is 0 Å². The maximum absolute atomic E-state index is 8.88. The molecule has 0 atom stereocenters. The van der Waals surface area contributed by atoms with Gasteiger partial charge in [0.05, 0.1) is 0 Å². The standard InChI is InChI=1S/2H3O4P.Zr/c2*1-5(2,3)4;/h2*(H3,1,2,3,4);. The third-order valence-electron chi connectivity index (χ3n) is 0. The Morgan fingerprint density at radius 3 is 0.636 bits per heavy atom. The minimum atomic E-state index is -4.64. The summed E-state index contributed by atoms with van der Waals surface area (Å²) in [5, 5.41) is 0. The predicted octanol–water partition coefficient (Wildman–Crippen LogP) is -1.86. The van der Waals surface area contributed by atoms with Gasteiger partial charge in [0.25, 0.3) is 0 Å². The molecule has 0 aromatic heterocycles. The fraction of sp³-hybridized carbons (Fsp3) is 0. The zero-order valence-corrected chi connectivity index (χ0v) is 9.14. The van der Waals surface area contributed by atoms with Gasteiger partial charge in [-0.05, 0) is 0 Å². The van der Waals surface area contributed by atoms with Crippen LogP contribution in [0, 0.1) is 0 Å². The smallest absolute Gasteiger partial charge is 0.303 e. The van der Waals surface area contributed by atoms with E-state index in [2.05, 4.69) is 0 Å². The van der Waals surface area contributed by atoms with Crippen LogP contribution in [0.15, 0.2) is 0 Å². The van der Waals surface area contributed by atoms with Crippen LogP contribution in [0.1, 0.15) is 0 Å².